The Labute approximate surface area is 150 Å². The minimum absolute atomic E-state index is 0.155. The Morgan fingerprint density at radius 2 is 2.27 bits per heavy atom. The van der Waals surface area contributed by atoms with Gasteiger partial charge < -0.3 is 10.1 Å². The Kier molecular flexibility index (Phi) is 4.69. The van der Waals surface area contributed by atoms with Crippen molar-refractivity contribution in [3.05, 3.63) is 54.4 Å². The minimum atomic E-state index is -0.267. The average Bonchev–Trinajstić information content (AvgIpc) is 3.42. The first-order valence-corrected chi connectivity index (χ1v) is 8.52. The fourth-order valence-electron chi connectivity index (χ4n) is 2.97. The van der Waals surface area contributed by atoms with Crippen LogP contribution in [0.1, 0.15) is 28.9 Å². The first-order chi connectivity index (χ1) is 12.8. The molecular weight excluding hydrogens is 334 g/mol. The predicted octanol–water partition coefficient (Wildman–Crippen LogP) is 0.968. The minimum Gasteiger partial charge on any atom is -0.376 e. The van der Waals surface area contributed by atoms with Crippen LogP contribution in [0.3, 0.4) is 0 Å². The molecule has 0 saturated carbocycles. The summed E-state index contributed by atoms with van der Waals surface area (Å²) in [6.45, 7) is 1.76. The quantitative estimate of drug-likeness (QED) is 0.709. The average molecular weight is 353 g/mol. The van der Waals surface area contributed by atoms with Gasteiger partial charge in [0, 0.05) is 13.2 Å². The number of rotatable bonds is 6. The van der Waals surface area contributed by atoms with Crippen LogP contribution in [0.25, 0.3) is 5.69 Å². The van der Waals surface area contributed by atoms with Crippen LogP contribution in [0.15, 0.2) is 43.1 Å². The summed E-state index contributed by atoms with van der Waals surface area (Å²) in [5, 5.41) is 15.0. The SMILES string of the molecule is O=C(NCc1ccccc1-n1cncn1)c1cn(C[C@@H]2CCCO2)nn1. The monoisotopic (exact) mass is 353 g/mol. The third kappa shape index (κ3) is 3.62. The fourth-order valence-corrected chi connectivity index (χ4v) is 2.97. The van der Waals surface area contributed by atoms with E-state index < -0.39 is 0 Å². The smallest absolute Gasteiger partial charge is 0.273 e. The highest BCUT2D eigenvalue weighted by Gasteiger charge is 2.18. The van der Waals surface area contributed by atoms with Crippen LogP contribution in [0.2, 0.25) is 0 Å². The molecule has 0 bridgehead atoms. The van der Waals surface area contributed by atoms with Crippen LogP contribution in [-0.2, 0) is 17.8 Å². The van der Waals surface area contributed by atoms with Gasteiger partial charge in [0.1, 0.15) is 12.7 Å². The Hall–Kier alpha value is -3.07. The Bertz CT molecular complexity index is 869. The largest absolute Gasteiger partial charge is 0.376 e. The normalized spacial score (nSPS) is 16.7. The molecule has 134 valence electrons. The van der Waals surface area contributed by atoms with Gasteiger partial charge in [-0.3, -0.25) is 4.79 Å². The number of carbonyl (C=O) groups is 1. The van der Waals surface area contributed by atoms with E-state index in [1.165, 1.54) is 6.33 Å². The van der Waals surface area contributed by atoms with E-state index in [0.717, 1.165) is 30.7 Å². The molecule has 1 aliphatic rings. The first-order valence-electron chi connectivity index (χ1n) is 8.52. The van der Waals surface area contributed by atoms with Crippen LogP contribution in [-0.4, -0.2) is 48.4 Å². The second-order valence-corrected chi connectivity index (χ2v) is 6.11. The molecule has 0 radical (unpaired) electrons. The van der Waals surface area contributed by atoms with Crippen LogP contribution in [0.5, 0.6) is 0 Å². The van der Waals surface area contributed by atoms with E-state index in [1.807, 2.05) is 24.3 Å². The number of carbonyl (C=O) groups excluding carboxylic acids is 1. The molecule has 0 aliphatic carbocycles. The summed E-state index contributed by atoms with van der Waals surface area (Å²) >= 11 is 0. The van der Waals surface area contributed by atoms with Gasteiger partial charge in [-0.15, -0.1) is 5.10 Å². The summed E-state index contributed by atoms with van der Waals surface area (Å²) in [4.78, 5) is 16.3. The lowest BCUT2D eigenvalue weighted by Crippen LogP contribution is -2.24. The van der Waals surface area contributed by atoms with Gasteiger partial charge in [-0.05, 0) is 24.5 Å². The molecule has 1 N–H and O–H groups in total. The van der Waals surface area contributed by atoms with Crippen molar-refractivity contribution >= 4 is 5.91 Å². The van der Waals surface area contributed by atoms with Crippen LogP contribution >= 0.6 is 0 Å². The number of aromatic nitrogens is 6. The second-order valence-electron chi connectivity index (χ2n) is 6.11. The summed E-state index contributed by atoms with van der Waals surface area (Å²) in [6, 6.07) is 7.69. The number of hydrogen-bond acceptors (Lipinski definition) is 6. The van der Waals surface area contributed by atoms with Crippen molar-refractivity contribution in [2.45, 2.75) is 32.0 Å². The van der Waals surface area contributed by atoms with Crippen LogP contribution in [0, 0.1) is 0 Å². The highest BCUT2D eigenvalue weighted by Crippen LogP contribution is 2.14. The van der Waals surface area contributed by atoms with E-state index in [4.69, 9.17) is 4.74 Å². The highest BCUT2D eigenvalue weighted by atomic mass is 16.5. The lowest BCUT2D eigenvalue weighted by molar-refractivity contribution is 0.0929. The third-order valence-electron chi connectivity index (χ3n) is 4.28. The van der Waals surface area contributed by atoms with Gasteiger partial charge in [0.2, 0.25) is 0 Å². The molecule has 3 heterocycles. The van der Waals surface area contributed by atoms with Crippen molar-refractivity contribution in [1.29, 1.82) is 0 Å². The molecule has 0 spiro atoms. The summed E-state index contributed by atoms with van der Waals surface area (Å²) < 4.78 is 8.90. The Morgan fingerprint density at radius 3 is 3.08 bits per heavy atom. The number of nitrogens with one attached hydrogen (secondary N) is 1. The standard InChI is InChI=1S/C17H19N7O2/c25-17(15-10-23(22-21-15)9-14-5-3-7-26-14)19-8-13-4-1-2-6-16(13)24-12-18-11-20-24/h1-2,4,6,10-12,14H,3,5,7-9H2,(H,19,25)/t14-/m0/s1. The first kappa shape index (κ1) is 16.4. The van der Waals surface area contributed by atoms with E-state index in [2.05, 4.69) is 25.7 Å². The third-order valence-corrected chi connectivity index (χ3v) is 4.28. The van der Waals surface area contributed by atoms with Gasteiger partial charge in [0.25, 0.3) is 5.91 Å². The molecule has 1 fully saturated rings. The number of nitrogens with zero attached hydrogens (tertiary/aromatic N) is 6. The maximum Gasteiger partial charge on any atom is 0.273 e. The molecule has 9 heteroatoms. The molecule has 1 saturated heterocycles. The molecule has 2 aromatic heterocycles. The molecule has 0 unspecified atom stereocenters. The number of para-hydroxylation sites is 1. The summed E-state index contributed by atoms with van der Waals surface area (Å²) in [5.41, 5.74) is 2.09. The molecule has 3 aromatic rings. The van der Waals surface area contributed by atoms with Crippen molar-refractivity contribution in [3.8, 4) is 5.69 Å². The number of hydrogen-bond donors (Lipinski definition) is 1. The molecule has 9 nitrogen and oxygen atoms in total. The van der Waals surface area contributed by atoms with Gasteiger partial charge in [0.15, 0.2) is 5.69 Å². The molecule has 1 atom stereocenters. The summed E-state index contributed by atoms with van der Waals surface area (Å²) in [7, 11) is 0. The van der Waals surface area contributed by atoms with E-state index in [-0.39, 0.29) is 12.0 Å². The van der Waals surface area contributed by atoms with Crippen molar-refractivity contribution < 1.29 is 9.53 Å². The van der Waals surface area contributed by atoms with E-state index in [0.29, 0.717) is 18.8 Å². The Morgan fingerprint density at radius 1 is 1.35 bits per heavy atom. The van der Waals surface area contributed by atoms with Crippen LogP contribution in [0.4, 0.5) is 0 Å². The lowest BCUT2D eigenvalue weighted by Gasteiger charge is -2.09. The molecule has 26 heavy (non-hydrogen) atoms. The van der Waals surface area contributed by atoms with Crippen molar-refractivity contribution in [1.82, 2.24) is 35.1 Å². The fraction of sp³-hybridized carbons (Fsp3) is 0.353. The van der Waals surface area contributed by atoms with Gasteiger partial charge in [-0.2, -0.15) is 5.10 Å². The summed E-state index contributed by atoms with van der Waals surface area (Å²) in [6.07, 6.45) is 6.99. The zero-order valence-corrected chi connectivity index (χ0v) is 14.2. The van der Waals surface area contributed by atoms with Crippen molar-refractivity contribution in [3.63, 3.8) is 0 Å². The van der Waals surface area contributed by atoms with Gasteiger partial charge in [-0.1, -0.05) is 23.4 Å². The molecule has 1 aromatic carbocycles. The van der Waals surface area contributed by atoms with E-state index in [9.17, 15) is 4.79 Å². The van der Waals surface area contributed by atoms with Gasteiger partial charge in [0.05, 0.1) is 24.5 Å². The number of amides is 1. The van der Waals surface area contributed by atoms with Crippen molar-refractivity contribution in [2.24, 2.45) is 0 Å². The number of benzene rings is 1. The Balaban J connectivity index is 1.39. The molecule has 4 rings (SSSR count). The van der Waals surface area contributed by atoms with Gasteiger partial charge >= 0.3 is 0 Å². The maximum atomic E-state index is 12.4. The zero-order valence-electron chi connectivity index (χ0n) is 14.2. The van der Waals surface area contributed by atoms with Gasteiger partial charge in [-0.25, -0.2) is 14.3 Å². The molecule has 1 amide bonds. The number of ether oxygens (including phenoxy) is 1. The van der Waals surface area contributed by atoms with E-state index >= 15 is 0 Å². The highest BCUT2D eigenvalue weighted by molar-refractivity contribution is 5.91. The molecular formula is C17H19N7O2. The predicted molar refractivity (Wildman–Crippen MR) is 91.5 cm³/mol. The topological polar surface area (TPSA) is 99.8 Å². The van der Waals surface area contributed by atoms with Crippen LogP contribution < -0.4 is 5.32 Å². The second kappa shape index (κ2) is 7.44. The lowest BCUT2D eigenvalue weighted by atomic mass is 10.2. The van der Waals surface area contributed by atoms with Crippen molar-refractivity contribution in [2.75, 3.05) is 6.61 Å². The zero-order chi connectivity index (χ0) is 17.8. The molecule has 1 aliphatic heterocycles. The maximum absolute atomic E-state index is 12.4. The van der Waals surface area contributed by atoms with E-state index in [1.54, 1.807) is 21.9 Å². The summed E-state index contributed by atoms with van der Waals surface area (Å²) in [5.74, 6) is -0.267.